The van der Waals surface area contributed by atoms with Crippen LogP contribution in [-0.2, 0) is 13.0 Å². The Hall–Kier alpha value is -1.69. The Labute approximate surface area is 110 Å². The maximum Gasteiger partial charge on any atom is 0.214 e. The molecule has 0 aliphatic heterocycles. The van der Waals surface area contributed by atoms with E-state index in [1.54, 1.807) is 16.8 Å². The van der Waals surface area contributed by atoms with Gasteiger partial charge in [-0.15, -0.1) is 0 Å². The van der Waals surface area contributed by atoms with E-state index in [0.29, 0.717) is 11.3 Å². The van der Waals surface area contributed by atoms with Gasteiger partial charge in [-0.25, -0.2) is 9.07 Å². The molecular formula is C12H15FN4S. The van der Waals surface area contributed by atoms with E-state index in [1.165, 1.54) is 12.1 Å². The molecule has 0 aliphatic carbocycles. The summed E-state index contributed by atoms with van der Waals surface area (Å²) in [5.41, 5.74) is 4.17. The van der Waals surface area contributed by atoms with Crippen LogP contribution in [0.4, 0.5) is 4.39 Å². The minimum Gasteiger partial charge on any atom is -0.318 e. The maximum absolute atomic E-state index is 12.8. The van der Waals surface area contributed by atoms with Gasteiger partial charge in [0.1, 0.15) is 5.82 Å². The summed E-state index contributed by atoms with van der Waals surface area (Å²) in [4.78, 5) is 0. The van der Waals surface area contributed by atoms with E-state index >= 15 is 0 Å². The molecule has 18 heavy (non-hydrogen) atoms. The number of aryl methyl sites for hydroxylation is 1. The van der Waals surface area contributed by atoms with Gasteiger partial charge in [-0.3, -0.25) is 5.10 Å². The first kappa shape index (κ1) is 12.8. The number of H-pyrrole nitrogens is 1. The molecule has 0 atom stereocenters. The number of hydrogen-bond donors (Lipinski definition) is 2. The van der Waals surface area contributed by atoms with Gasteiger partial charge in [0, 0.05) is 6.42 Å². The van der Waals surface area contributed by atoms with E-state index in [0.717, 1.165) is 24.2 Å². The van der Waals surface area contributed by atoms with Crippen LogP contribution in [0.15, 0.2) is 24.3 Å². The molecule has 0 saturated heterocycles. The van der Waals surface area contributed by atoms with Crippen molar-refractivity contribution in [2.75, 3.05) is 5.43 Å². The van der Waals surface area contributed by atoms with Crippen molar-refractivity contribution in [3.8, 4) is 0 Å². The van der Waals surface area contributed by atoms with Gasteiger partial charge in [0.05, 0.1) is 6.54 Å². The van der Waals surface area contributed by atoms with Crippen molar-refractivity contribution in [1.82, 2.24) is 14.9 Å². The normalized spacial score (nSPS) is 10.6. The first-order valence-electron chi connectivity index (χ1n) is 5.85. The molecule has 2 aromatic rings. The Kier molecular flexibility index (Phi) is 4.09. The minimum absolute atomic E-state index is 0.231. The summed E-state index contributed by atoms with van der Waals surface area (Å²) in [5, 5.41) is 6.92. The predicted octanol–water partition coefficient (Wildman–Crippen LogP) is 2.78. The fraction of sp³-hybridized carbons (Fsp3) is 0.333. The number of aromatic nitrogens is 3. The van der Waals surface area contributed by atoms with Crippen molar-refractivity contribution in [2.45, 2.75) is 26.3 Å². The van der Waals surface area contributed by atoms with Crippen LogP contribution < -0.4 is 5.43 Å². The topological polar surface area (TPSA) is 45.6 Å². The number of halogens is 1. The molecule has 0 aliphatic rings. The molecule has 4 nitrogen and oxygen atoms in total. The average Bonchev–Trinajstić information content (AvgIpc) is 2.71. The molecule has 0 saturated carbocycles. The van der Waals surface area contributed by atoms with Crippen molar-refractivity contribution < 1.29 is 4.39 Å². The van der Waals surface area contributed by atoms with Crippen LogP contribution in [-0.4, -0.2) is 14.9 Å². The second-order valence-corrected chi connectivity index (χ2v) is 4.38. The predicted molar refractivity (Wildman–Crippen MR) is 70.9 cm³/mol. The number of rotatable bonds is 5. The van der Waals surface area contributed by atoms with Crippen LogP contribution in [0, 0.1) is 10.6 Å². The standard InChI is InChI=1S/C12H15FN4S/c1-2-3-11-15-16-12(18)17(11)14-8-9-4-6-10(13)7-5-9/h4-7,14H,2-3,8H2,1H3,(H,16,18). The SMILES string of the molecule is CCCc1n[nH]c(=S)n1NCc1ccc(F)cc1. The van der Waals surface area contributed by atoms with E-state index in [1.807, 2.05) is 0 Å². The first-order valence-corrected chi connectivity index (χ1v) is 6.26. The van der Waals surface area contributed by atoms with Gasteiger partial charge >= 0.3 is 0 Å². The summed E-state index contributed by atoms with van der Waals surface area (Å²) < 4.78 is 15.1. The molecular weight excluding hydrogens is 251 g/mol. The molecule has 1 aromatic carbocycles. The first-order chi connectivity index (χ1) is 8.70. The zero-order valence-electron chi connectivity index (χ0n) is 10.1. The maximum atomic E-state index is 12.8. The smallest absolute Gasteiger partial charge is 0.214 e. The number of aromatic amines is 1. The molecule has 1 heterocycles. The van der Waals surface area contributed by atoms with Crippen LogP contribution in [0.2, 0.25) is 0 Å². The van der Waals surface area contributed by atoms with E-state index in [2.05, 4.69) is 22.5 Å². The highest BCUT2D eigenvalue weighted by atomic mass is 32.1. The van der Waals surface area contributed by atoms with E-state index in [9.17, 15) is 4.39 Å². The number of nitrogens with one attached hydrogen (secondary N) is 2. The number of benzene rings is 1. The molecule has 0 spiro atoms. The van der Waals surface area contributed by atoms with Crippen LogP contribution in [0.5, 0.6) is 0 Å². The Bertz CT molecular complexity index is 558. The van der Waals surface area contributed by atoms with Crippen LogP contribution in [0.3, 0.4) is 0 Å². The fourth-order valence-corrected chi connectivity index (χ4v) is 1.87. The lowest BCUT2D eigenvalue weighted by atomic mass is 10.2. The minimum atomic E-state index is -0.231. The van der Waals surface area contributed by atoms with Gasteiger partial charge in [0.25, 0.3) is 0 Å². The highest BCUT2D eigenvalue weighted by Crippen LogP contribution is 2.04. The molecule has 1 aromatic heterocycles. The summed E-state index contributed by atoms with van der Waals surface area (Å²) in [6.45, 7) is 2.66. The van der Waals surface area contributed by atoms with Gasteiger partial charge in [0.2, 0.25) is 4.77 Å². The zero-order chi connectivity index (χ0) is 13.0. The molecule has 0 amide bonds. The average molecular weight is 266 g/mol. The Morgan fingerprint density at radius 3 is 2.78 bits per heavy atom. The lowest BCUT2D eigenvalue weighted by Gasteiger charge is -2.09. The summed E-state index contributed by atoms with van der Waals surface area (Å²) in [6.07, 6.45) is 1.85. The van der Waals surface area contributed by atoms with Crippen LogP contribution >= 0.6 is 12.2 Å². The monoisotopic (exact) mass is 266 g/mol. The highest BCUT2D eigenvalue weighted by Gasteiger charge is 2.04. The quantitative estimate of drug-likeness (QED) is 0.818. The van der Waals surface area contributed by atoms with E-state index in [4.69, 9.17) is 12.2 Å². The molecule has 6 heteroatoms. The largest absolute Gasteiger partial charge is 0.318 e. The van der Waals surface area contributed by atoms with E-state index in [-0.39, 0.29) is 5.82 Å². The Morgan fingerprint density at radius 1 is 1.39 bits per heavy atom. The van der Waals surface area contributed by atoms with Crippen molar-refractivity contribution >= 4 is 12.2 Å². The molecule has 0 bridgehead atoms. The summed E-state index contributed by atoms with van der Waals surface area (Å²) >= 11 is 5.15. The number of nitrogens with zero attached hydrogens (tertiary/aromatic N) is 2. The Morgan fingerprint density at radius 2 is 2.11 bits per heavy atom. The van der Waals surface area contributed by atoms with Gasteiger partial charge in [0.15, 0.2) is 5.82 Å². The molecule has 2 N–H and O–H groups in total. The number of hydrogen-bond acceptors (Lipinski definition) is 3. The van der Waals surface area contributed by atoms with Gasteiger partial charge < -0.3 is 5.43 Å². The lowest BCUT2D eigenvalue weighted by Crippen LogP contribution is -2.17. The van der Waals surface area contributed by atoms with Gasteiger partial charge in [-0.2, -0.15) is 5.10 Å². The third-order valence-corrected chi connectivity index (χ3v) is 2.84. The third-order valence-electron chi connectivity index (χ3n) is 2.57. The van der Waals surface area contributed by atoms with Crippen LogP contribution in [0.25, 0.3) is 0 Å². The summed E-state index contributed by atoms with van der Waals surface area (Å²) in [5.74, 6) is 0.648. The molecule has 0 unspecified atom stereocenters. The lowest BCUT2D eigenvalue weighted by molar-refractivity contribution is 0.626. The fourth-order valence-electron chi connectivity index (χ4n) is 1.66. The van der Waals surface area contributed by atoms with Crippen LogP contribution in [0.1, 0.15) is 24.7 Å². The zero-order valence-corrected chi connectivity index (χ0v) is 10.9. The molecule has 0 fully saturated rings. The molecule has 0 radical (unpaired) electrons. The summed E-state index contributed by atoms with van der Waals surface area (Å²) in [7, 11) is 0. The van der Waals surface area contributed by atoms with Crippen molar-refractivity contribution in [2.24, 2.45) is 0 Å². The second kappa shape index (κ2) is 5.77. The van der Waals surface area contributed by atoms with Gasteiger partial charge in [-0.05, 0) is 36.3 Å². The molecule has 2 rings (SSSR count). The Balaban J connectivity index is 2.07. The highest BCUT2D eigenvalue weighted by molar-refractivity contribution is 7.71. The third kappa shape index (κ3) is 2.95. The van der Waals surface area contributed by atoms with Crippen molar-refractivity contribution in [1.29, 1.82) is 0 Å². The van der Waals surface area contributed by atoms with Crippen molar-refractivity contribution in [3.05, 3.63) is 46.2 Å². The van der Waals surface area contributed by atoms with Gasteiger partial charge in [-0.1, -0.05) is 19.1 Å². The summed E-state index contributed by atoms with van der Waals surface area (Å²) in [6, 6.07) is 6.37. The molecule has 96 valence electrons. The second-order valence-electron chi connectivity index (χ2n) is 3.99. The van der Waals surface area contributed by atoms with E-state index < -0.39 is 0 Å². The van der Waals surface area contributed by atoms with Crippen molar-refractivity contribution in [3.63, 3.8) is 0 Å².